The maximum Gasteiger partial charge on any atom is 0.268 e. The largest absolute Gasteiger partial charge is 0.503 e. The van der Waals surface area contributed by atoms with Gasteiger partial charge in [-0.1, -0.05) is 18.2 Å². The van der Waals surface area contributed by atoms with Gasteiger partial charge in [0, 0.05) is 29.2 Å². The van der Waals surface area contributed by atoms with Crippen molar-refractivity contribution in [1.82, 2.24) is 4.57 Å². The highest BCUT2D eigenvalue weighted by Gasteiger charge is 2.26. The second-order valence-electron chi connectivity index (χ2n) is 4.42. The van der Waals surface area contributed by atoms with Crippen molar-refractivity contribution in [1.29, 1.82) is 0 Å². The summed E-state index contributed by atoms with van der Waals surface area (Å²) in [5, 5.41) is 10.5. The normalized spacial score (nSPS) is 11.4. The van der Waals surface area contributed by atoms with Crippen molar-refractivity contribution >= 4 is 10.9 Å². The highest BCUT2D eigenvalue weighted by Crippen LogP contribution is 2.35. The molecule has 0 bridgehead atoms. The van der Waals surface area contributed by atoms with Crippen LogP contribution in [0.3, 0.4) is 0 Å². The van der Waals surface area contributed by atoms with E-state index in [2.05, 4.69) is 0 Å². The van der Waals surface area contributed by atoms with Crippen LogP contribution in [-0.2, 0) is 7.05 Å². The Morgan fingerprint density at radius 1 is 1.06 bits per heavy atom. The SMILES string of the molecule is Cc1c(-c2c(O)c(=O)c2=O)c2ccccc2n1C. The lowest BCUT2D eigenvalue weighted by Gasteiger charge is -2.06. The lowest BCUT2D eigenvalue weighted by molar-refractivity contribution is 0.465. The molecular weight excluding hydrogens is 230 g/mol. The summed E-state index contributed by atoms with van der Waals surface area (Å²) in [4.78, 5) is 22.7. The van der Waals surface area contributed by atoms with Gasteiger partial charge in [-0.3, -0.25) is 9.59 Å². The molecule has 0 atom stereocenters. The number of fused-ring (bicyclic) bond motifs is 1. The molecule has 90 valence electrons. The molecule has 0 spiro atoms. The molecule has 0 unspecified atom stereocenters. The Hall–Kier alpha value is -2.36. The minimum absolute atomic E-state index is 0.147. The molecule has 1 heterocycles. The summed E-state index contributed by atoms with van der Waals surface area (Å²) < 4.78 is 1.95. The molecule has 0 amide bonds. The van der Waals surface area contributed by atoms with Crippen LogP contribution in [0, 0.1) is 6.92 Å². The molecule has 0 saturated carbocycles. The number of para-hydroxylation sites is 1. The number of aryl methyl sites for hydroxylation is 1. The molecule has 0 aliphatic rings. The molecule has 1 N–H and O–H groups in total. The minimum Gasteiger partial charge on any atom is -0.503 e. The lowest BCUT2D eigenvalue weighted by Crippen LogP contribution is -2.32. The standard InChI is InChI=1S/C14H11NO3/c1-7-10(11-12(16)14(18)13(11)17)8-5-3-4-6-9(8)15(7)2/h3-6,16H,1-2H3. The van der Waals surface area contributed by atoms with Crippen molar-refractivity contribution in [2.24, 2.45) is 7.05 Å². The van der Waals surface area contributed by atoms with E-state index in [1.54, 1.807) is 0 Å². The summed E-state index contributed by atoms with van der Waals surface area (Å²) in [7, 11) is 1.89. The van der Waals surface area contributed by atoms with Crippen molar-refractivity contribution in [3.63, 3.8) is 0 Å². The smallest absolute Gasteiger partial charge is 0.268 e. The van der Waals surface area contributed by atoms with E-state index >= 15 is 0 Å². The van der Waals surface area contributed by atoms with E-state index in [4.69, 9.17) is 0 Å². The second-order valence-corrected chi connectivity index (χ2v) is 4.42. The topological polar surface area (TPSA) is 59.3 Å². The zero-order valence-electron chi connectivity index (χ0n) is 10.0. The number of aromatic nitrogens is 1. The Morgan fingerprint density at radius 2 is 1.72 bits per heavy atom. The molecule has 0 radical (unpaired) electrons. The van der Waals surface area contributed by atoms with Crippen LogP contribution in [0.25, 0.3) is 22.0 Å². The quantitative estimate of drug-likeness (QED) is 0.656. The fraction of sp³-hybridized carbons (Fsp3) is 0.143. The van der Waals surface area contributed by atoms with Gasteiger partial charge in [0.2, 0.25) is 5.43 Å². The highest BCUT2D eigenvalue weighted by atomic mass is 16.3. The van der Waals surface area contributed by atoms with Gasteiger partial charge in [-0.15, -0.1) is 0 Å². The van der Waals surface area contributed by atoms with E-state index in [1.807, 2.05) is 42.8 Å². The Kier molecular flexibility index (Phi) is 1.99. The van der Waals surface area contributed by atoms with Crippen LogP contribution in [0.5, 0.6) is 5.75 Å². The minimum atomic E-state index is -0.794. The molecule has 18 heavy (non-hydrogen) atoms. The summed E-state index contributed by atoms with van der Waals surface area (Å²) in [6.45, 7) is 1.87. The molecule has 0 aliphatic heterocycles. The highest BCUT2D eigenvalue weighted by molar-refractivity contribution is 6.00. The van der Waals surface area contributed by atoms with Crippen molar-refractivity contribution in [3.8, 4) is 16.9 Å². The third-order valence-corrected chi connectivity index (χ3v) is 3.53. The van der Waals surface area contributed by atoms with E-state index in [-0.39, 0.29) is 5.56 Å². The monoisotopic (exact) mass is 241 g/mol. The number of benzene rings is 1. The summed E-state index contributed by atoms with van der Waals surface area (Å²) in [6, 6.07) is 7.60. The molecule has 2 aromatic carbocycles. The van der Waals surface area contributed by atoms with Crippen molar-refractivity contribution in [2.45, 2.75) is 6.92 Å². The number of rotatable bonds is 1. The van der Waals surface area contributed by atoms with Gasteiger partial charge < -0.3 is 9.67 Å². The third kappa shape index (κ3) is 1.09. The summed E-state index contributed by atoms with van der Waals surface area (Å²) >= 11 is 0. The molecule has 4 heteroatoms. The van der Waals surface area contributed by atoms with E-state index in [0.717, 1.165) is 16.6 Å². The molecule has 3 aromatic rings. The maximum absolute atomic E-state index is 11.6. The molecule has 0 saturated heterocycles. The Bertz CT molecular complexity index is 848. The summed E-state index contributed by atoms with van der Waals surface area (Å²) in [6.07, 6.45) is 0. The Balaban J connectivity index is 2.48. The van der Waals surface area contributed by atoms with Crippen LogP contribution in [0.15, 0.2) is 33.9 Å². The molecular formula is C14H11NO3. The molecule has 0 fully saturated rings. The van der Waals surface area contributed by atoms with Crippen molar-refractivity contribution in [3.05, 3.63) is 50.4 Å². The fourth-order valence-electron chi connectivity index (χ4n) is 2.45. The second kappa shape index (κ2) is 3.32. The van der Waals surface area contributed by atoms with E-state index < -0.39 is 16.6 Å². The van der Waals surface area contributed by atoms with Gasteiger partial charge in [-0.05, 0) is 13.0 Å². The van der Waals surface area contributed by atoms with E-state index in [0.29, 0.717) is 5.56 Å². The number of aromatic hydroxyl groups is 1. The predicted octanol–water partition coefficient (Wildman–Crippen LogP) is 1.46. The average molecular weight is 241 g/mol. The first-order valence-electron chi connectivity index (χ1n) is 5.60. The molecule has 1 aromatic heterocycles. The van der Waals surface area contributed by atoms with Gasteiger partial charge in [0.1, 0.15) is 0 Å². The summed E-state index contributed by atoms with van der Waals surface area (Å²) in [5.41, 5.74) is 1.24. The zero-order valence-corrected chi connectivity index (χ0v) is 10.0. The van der Waals surface area contributed by atoms with Gasteiger partial charge >= 0.3 is 0 Å². The van der Waals surface area contributed by atoms with E-state index in [1.165, 1.54) is 0 Å². The molecule has 0 aliphatic carbocycles. The van der Waals surface area contributed by atoms with Crippen molar-refractivity contribution < 1.29 is 5.11 Å². The third-order valence-electron chi connectivity index (χ3n) is 3.53. The van der Waals surface area contributed by atoms with Gasteiger partial charge in [-0.25, -0.2) is 0 Å². The van der Waals surface area contributed by atoms with Crippen LogP contribution < -0.4 is 10.9 Å². The first-order valence-corrected chi connectivity index (χ1v) is 5.60. The van der Waals surface area contributed by atoms with Crippen LogP contribution >= 0.6 is 0 Å². The Morgan fingerprint density at radius 3 is 2.39 bits per heavy atom. The first kappa shape index (κ1) is 10.8. The van der Waals surface area contributed by atoms with Crippen LogP contribution in [0.2, 0.25) is 0 Å². The first-order chi connectivity index (χ1) is 8.54. The molecule has 4 nitrogen and oxygen atoms in total. The average Bonchev–Trinajstić information content (AvgIpc) is 2.64. The number of hydrogen-bond acceptors (Lipinski definition) is 3. The van der Waals surface area contributed by atoms with E-state index in [9.17, 15) is 14.7 Å². The number of nitrogens with zero attached hydrogens (tertiary/aromatic N) is 1. The van der Waals surface area contributed by atoms with Crippen LogP contribution in [0.1, 0.15) is 5.69 Å². The van der Waals surface area contributed by atoms with Gasteiger partial charge in [-0.2, -0.15) is 0 Å². The zero-order chi connectivity index (χ0) is 13.0. The van der Waals surface area contributed by atoms with Crippen LogP contribution in [0.4, 0.5) is 0 Å². The van der Waals surface area contributed by atoms with Gasteiger partial charge in [0.15, 0.2) is 5.75 Å². The predicted molar refractivity (Wildman–Crippen MR) is 69.7 cm³/mol. The lowest BCUT2D eigenvalue weighted by atomic mass is 9.97. The van der Waals surface area contributed by atoms with Gasteiger partial charge in [0.05, 0.1) is 5.56 Å². The maximum atomic E-state index is 11.6. The summed E-state index contributed by atoms with van der Waals surface area (Å²) in [5.74, 6) is -0.417. The number of hydrogen-bond donors (Lipinski definition) is 1. The van der Waals surface area contributed by atoms with Crippen molar-refractivity contribution in [2.75, 3.05) is 0 Å². The Labute approximate surface area is 102 Å². The van der Waals surface area contributed by atoms with Crippen LogP contribution in [-0.4, -0.2) is 9.67 Å². The molecule has 3 rings (SSSR count). The van der Waals surface area contributed by atoms with Gasteiger partial charge in [0.25, 0.3) is 5.43 Å². The fourth-order valence-corrected chi connectivity index (χ4v) is 2.45.